The van der Waals surface area contributed by atoms with Crippen molar-refractivity contribution in [3.05, 3.63) is 41.6 Å². The van der Waals surface area contributed by atoms with Gasteiger partial charge in [0, 0.05) is 74.1 Å². The van der Waals surface area contributed by atoms with Crippen LogP contribution in [0.25, 0.3) is 0 Å². The van der Waals surface area contributed by atoms with Crippen LogP contribution in [0.4, 0.5) is 23.1 Å². The second-order valence-electron chi connectivity index (χ2n) is 9.30. The summed E-state index contributed by atoms with van der Waals surface area (Å²) in [5.41, 5.74) is 2.75. The van der Waals surface area contributed by atoms with E-state index in [-0.39, 0.29) is 5.91 Å². The number of aromatic amines is 1. The lowest BCUT2D eigenvalue weighted by Crippen LogP contribution is -2.48. The Morgan fingerprint density at radius 1 is 1.11 bits per heavy atom. The molecule has 192 valence electrons. The van der Waals surface area contributed by atoms with Crippen LogP contribution in [0.5, 0.6) is 0 Å². The second kappa shape index (κ2) is 11.7. The van der Waals surface area contributed by atoms with Crippen LogP contribution in [-0.2, 0) is 4.79 Å². The number of hydrogen-bond donors (Lipinski definition) is 3. The number of benzene rings is 1. The first-order valence-electron chi connectivity index (χ1n) is 12.1. The highest BCUT2D eigenvalue weighted by atomic mass is 32.2. The van der Waals surface area contributed by atoms with E-state index in [1.807, 2.05) is 37.3 Å². The number of hydrogen-bond acceptors (Lipinski definition) is 9. The molecule has 11 heteroatoms. The summed E-state index contributed by atoms with van der Waals surface area (Å²) in [5.74, 6) is 2.33. The lowest BCUT2D eigenvalue weighted by molar-refractivity contribution is -0.114. The number of carbonyl (C=O) groups is 1. The lowest BCUT2D eigenvalue weighted by Gasteiger charge is -2.36. The number of carbonyl (C=O) groups excluding carboxylic acids is 1. The van der Waals surface area contributed by atoms with Crippen LogP contribution in [0.3, 0.4) is 0 Å². The van der Waals surface area contributed by atoms with Crippen LogP contribution in [0.2, 0.25) is 0 Å². The number of aromatic nitrogens is 4. The largest absolute Gasteiger partial charge is 0.354 e. The van der Waals surface area contributed by atoms with Crippen molar-refractivity contribution in [1.29, 1.82) is 0 Å². The van der Waals surface area contributed by atoms with Gasteiger partial charge in [-0.3, -0.25) is 14.8 Å². The number of piperazine rings is 1. The highest BCUT2D eigenvalue weighted by molar-refractivity contribution is 7.99. The van der Waals surface area contributed by atoms with Gasteiger partial charge < -0.3 is 20.4 Å². The Kier molecular flexibility index (Phi) is 8.44. The molecule has 1 fully saturated rings. The van der Waals surface area contributed by atoms with E-state index >= 15 is 0 Å². The summed E-state index contributed by atoms with van der Waals surface area (Å²) < 4.78 is 0. The fraction of sp³-hybridized carbons (Fsp3) is 0.440. The molecule has 1 saturated heterocycles. The Morgan fingerprint density at radius 3 is 2.44 bits per heavy atom. The molecule has 0 unspecified atom stereocenters. The average Bonchev–Trinajstić information content (AvgIpc) is 3.25. The van der Waals surface area contributed by atoms with E-state index in [9.17, 15) is 4.79 Å². The van der Waals surface area contributed by atoms with Gasteiger partial charge in [-0.1, -0.05) is 0 Å². The summed E-state index contributed by atoms with van der Waals surface area (Å²) in [6, 6.07) is 9.66. The molecular weight excluding hydrogens is 474 g/mol. The zero-order valence-electron chi connectivity index (χ0n) is 21.6. The molecule has 0 aliphatic carbocycles. The van der Waals surface area contributed by atoms with E-state index in [2.05, 4.69) is 56.5 Å². The molecule has 0 spiro atoms. The van der Waals surface area contributed by atoms with Gasteiger partial charge in [0.2, 0.25) is 5.91 Å². The van der Waals surface area contributed by atoms with E-state index in [4.69, 9.17) is 9.97 Å². The Bertz CT molecular complexity index is 1170. The Labute approximate surface area is 216 Å². The Morgan fingerprint density at radius 2 is 1.83 bits per heavy atom. The van der Waals surface area contributed by atoms with Gasteiger partial charge in [-0.25, -0.2) is 9.97 Å². The van der Waals surface area contributed by atoms with Crippen LogP contribution < -0.4 is 15.5 Å². The van der Waals surface area contributed by atoms with Gasteiger partial charge in [0.25, 0.3) is 0 Å². The van der Waals surface area contributed by atoms with Gasteiger partial charge in [0.1, 0.15) is 11.6 Å². The molecule has 1 amide bonds. The van der Waals surface area contributed by atoms with Gasteiger partial charge in [-0.2, -0.15) is 5.10 Å². The molecule has 3 heterocycles. The van der Waals surface area contributed by atoms with Crippen molar-refractivity contribution in [3.8, 4) is 0 Å². The van der Waals surface area contributed by atoms with Crippen molar-refractivity contribution >= 4 is 40.8 Å². The standard InChI is InChI=1S/C25H35N9OS/c1-17-16-22(31-30-17)27-23-18(2)24(34-14-12-33(13-15-34)11-10-32(4)5)29-25(28-23)36-21-8-6-20(7-9-21)26-19(3)35/h6-9,16H,10-15H2,1-5H3,(H,26,35)(H2,27,28,29,30,31). The first kappa shape index (κ1) is 25.9. The molecule has 0 radical (unpaired) electrons. The predicted octanol–water partition coefficient (Wildman–Crippen LogP) is 3.35. The maximum absolute atomic E-state index is 11.3. The smallest absolute Gasteiger partial charge is 0.221 e. The van der Waals surface area contributed by atoms with E-state index in [0.29, 0.717) is 5.16 Å². The van der Waals surface area contributed by atoms with E-state index < -0.39 is 0 Å². The van der Waals surface area contributed by atoms with Crippen LogP contribution in [0.1, 0.15) is 18.2 Å². The van der Waals surface area contributed by atoms with Crippen molar-refractivity contribution in [1.82, 2.24) is 30.0 Å². The molecule has 1 aromatic carbocycles. The summed E-state index contributed by atoms with van der Waals surface area (Å²) >= 11 is 1.50. The third-order valence-corrected chi connectivity index (χ3v) is 6.84. The topological polar surface area (TPSA) is 105 Å². The molecule has 0 bridgehead atoms. The number of amides is 1. The predicted molar refractivity (Wildman–Crippen MR) is 145 cm³/mol. The number of anilines is 4. The summed E-state index contributed by atoms with van der Waals surface area (Å²) in [6.07, 6.45) is 0. The fourth-order valence-corrected chi connectivity index (χ4v) is 4.76. The number of H-pyrrole nitrogens is 1. The van der Waals surface area contributed by atoms with Crippen LogP contribution >= 0.6 is 11.8 Å². The number of likely N-dealkylation sites (N-methyl/N-ethyl adjacent to an activating group) is 1. The number of nitrogens with zero attached hydrogens (tertiary/aromatic N) is 6. The van der Waals surface area contributed by atoms with E-state index in [1.54, 1.807) is 0 Å². The van der Waals surface area contributed by atoms with Gasteiger partial charge in [-0.05, 0) is 64.0 Å². The van der Waals surface area contributed by atoms with Gasteiger partial charge >= 0.3 is 0 Å². The lowest BCUT2D eigenvalue weighted by atomic mass is 10.2. The van der Waals surface area contributed by atoms with Gasteiger partial charge in [0.15, 0.2) is 11.0 Å². The van der Waals surface area contributed by atoms with Crippen LogP contribution in [-0.4, -0.2) is 89.2 Å². The fourth-order valence-electron chi connectivity index (χ4n) is 4.00. The van der Waals surface area contributed by atoms with Gasteiger partial charge in [0.05, 0.1) is 0 Å². The van der Waals surface area contributed by atoms with E-state index in [0.717, 1.165) is 78.6 Å². The summed E-state index contributed by atoms with van der Waals surface area (Å²) in [5, 5.41) is 14.1. The summed E-state index contributed by atoms with van der Waals surface area (Å²) in [7, 11) is 4.23. The maximum atomic E-state index is 11.3. The molecule has 1 aliphatic heterocycles. The van der Waals surface area contributed by atoms with Crippen molar-refractivity contribution in [2.45, 2.75) is 30.8 Å². The Hall–Kier alpha value is -3.15. The number of nitrogens with one attached hydrogen (secondary N) is 3. The first-order chi connectivity index (χ1) is 17.3. The number of rotatable bonds is 9. The van der Waals surface area contributed by atoms with Crippen LogP contribution in [0, 0.1) is 13.8 Å². The normalized spacial score (nSPS) is 14.3. The van der Waals surface area contributed by atoms with Crippen molar-refractivity contribution in [3.63, 3.8) is 0 Å². The minimum Gasteiger partial charge on any atom is -0.354 e. The summed E-state index contributed by atoms with van der Waals surface area (Å²) in [4.78, 5) is 29.2. The maximum Gasteiger partial charge on any atom is 0.221 e. The highest BCUT2D eigenvalue weighted by Crippen LogP contribution is 2.33. The molecule has 3 N–H and O–H groups in total. The van der Waals surface area contributed by atoms with Crippen molar-refractivity contribution in [2.75, 3.05) is 68.9 Å². The van der Waals surface area contributed by atoms with Crippen molar-refractivity contribution in [2.24, 2.45) is 0 Å². The van der Waals surface area contributed by atoms with Gasteiger partial charge in [-0.15, -0.1) is 0 Å². The third-order valence-electron chi connectivity index (χ3n) is 5.97. The molecule has 0 saturated carbocycles. The summed E-state index contributed by atoms with van der Waals surface area (Å²) in [6.45, 7) is 11.5. The zero-order valence-corrected chi connectivity index (χ0v) is 22.4. The molecule has 2 aromatic heterocycles. The average molecular weight is 510 g/mol. The second-order valence-corrected chi connectivity index (χ2v) is 10.3. The number of aryl methyl sites for hydroxylation is 1. The quantitative estimate of drug-likeness (QED) is 0.375. The highest BCUT2D eigenvalue weighted by Gasteiger charge is 2.22. The monoisotopic (exact) mass is 509 g/mol. The van der Waals surface area contributed by atoms with Crippen molar-refractivity contribution < 1.29 is 4.79 Å². The molecule has 10 nitrogen and oxygen atoms in total. The SMILES string of the molecule is CC(=O)Nc1ccc(Sc2nc(Nc3cc(C)[nH]n3)c(C)c(N3CCN(CCN(C)C)CC3)n2)cc1. The molecule has 36 heavy (non-hydrogen) atoms. The van der Waals surface area contributed by atoms with Crippen LogP contribution in [0.15, 0.2) is 40.4 Å². The first-order valence-corrected chi connectivity index (χ1v) is 12.9. The molecule has 4 rings (SSSR count). The zero-order chi connectivity index (χ0) is 25.7. The van der Waals surface area contributed by atoms with E-state index in [1.165, 1.54) is 18.7 Å². The molecular formula is C25H35N9OS. The third kappa shape index (κ3) is 6.96. The Balaban J connectivity index is 1.56. The molecule has 0 atom stereocenters. The molecule has 1 aliphatic rings. The minimum absolute atomic E-state index is 0.0898. The minimum atomic E-state index is -0.0898. The molecule has 3 aromatic rings.